The molecule has 1 saturated carbocycles. The number of nitrogens with one attached hydrogen (secondary N) is 2. The summed E-state index contributed by atoms with van der Waals surface area (Å²) in [5.74, 6) is -1.97. The summed E-state index contributed by atoms with van der Waals surface area (Å²) in [6.07, 6.45) is 6.47. The second-order valence-electron chi connectivity index (χ2n) is 9.10. The highest BCUT2D eigenvalue weighted by molar-refractivity contribution is 7.00. The molecule has 0 atom stereocenters. The Kier molecular flexibility index (Phi) is 9.65. The molecule has 13 heteroatoms. The second kappa shape index (κ2) is 13.5. The van der Waals surface area contributed by atoms with Crippen molar-refractivity contribution < 1.29 is 29.3 Å². The van der Waals surface area contributed by atoms with Crippen LogP contribution in [0.4, 0.5) is 5.69 Å². The van der Waals surface area contributed by atoms with Gasteiger partial charge in [0, 0.05) is 42.9 Å². The Hall–Kier alpha value is -4.49. The molecule has 1 fully saturated rings. The molecule has 0 spiro atoms. The normalized spacial score (nSPS) is 16.8. The van der Waals surface area contributed by atoms with Crippen molar-refractivity contribution in [3.05, 3.63) is 60.3 Å². The number of ether oxygens (including phenoxy) is 1. The fraction of sp³-hybridized carbons (Fsp3) is 0.296. The molecule has 4 aromatic rings. The number of fused-ring (bicyclic) bond motifs is 2. The van der Waals surface area contributed by atoms with Crippen molar-refractivity contribution in [2.75, 3.05) is 12.4 Å². The maximum Gasteiger partial charge on any atom is 0.328 e. The smallest absolute Gasteiger partial charge is 0.328 e. The number of carbonyl (C=O) groups excluding carboxylic acids is 1. The summed E-state index contributed by atoms with van der Waals surface area (Å²) in [4.78, 5) is 40.8. The molecule has 1 aromatic carbocycles. The first-order valence-electron chi connectivity index (χ1n) is 12.5. The van der Waals surface area contributed by atoms with E-state index in [2.05, 4.69) is 41.5 Å². The standard InChI is InChI=1S/C23H24N6O2S.C4H4O4/c1-31-21-9-8-18-22(27-21)19(10-11-24-18)26-23(30)15-3-5-16(6-4-15)25-13-14-2-7-17-20(12-14)29-32-28-17;5-3(6)1-2-4(7)8/h2,7-12,15-16,25H,3-6,13H2,1H3,(H,24,26,30);1-2H,(H,5,6)(H,7,8)/b;2-1+. The first-order chi connectivity index (χ1) is 19.3. The van der Waals surface area contributed by atoms with Crippen molar-refractivity contribution in [1.82, 2.24) is 24.0 Å². The Morgan fingerprint density at radius 2 is 1.68 bits per heavy atom. The average Bonchev–Trinajstić information content (AvgIpc) is 3.43. The van der Waals surface area contributed by atoms with Crippen molar-refractivity contribution in [2.45, 2.75) is 38.3 Å². The number of carboxylic acid groups (broad SMARTS) is 2. The summed E-state index contributed by atoms with van der Waals surface area (Å²) < 4.78 is 13.8. The first-order valence-corrected chi connectivity index (χ1v) is 13.2. The molecule has 3 aromatic heterocycles. The Labute approximate surface area is 233 Å². The average molecular weight is 565 g/mol. The van der Waals surface area contributed by atoms with Gasteiger partial charge in [0.15, 0.2) is 0 Å². The number of carbonyl (C=O) groups is 3. The molecule has 0 saturated heterocycles. The van der Waals surface area contributed by atoms with Gasteiger partial charge in [-0.15, -0.1) is 0 Å². The Morgan fingerprint density at radius 3 is 2.38 bits per heavy atom. The van der Waals surface area contributed by atoms with E-state index in [0.717, 1.165) is 48.8 Å². The molecule has 0 bridgehead atoms. The number of benzene rings is 1. The molecule has 5 rings (SSSR count). The summed E-state index contributed by atoms with van der Waals surface area (Å²) in [6, 6.07) is 12.0. The molecule has 1 amide bonds. The fourth-order valence-electron chi connectivity index (χ4n) is 4.36. The van der Waals surface area contributed by atoms with Gasteiger partial charge in [0.05, 0.1) is 30.0 Å². The van der Waals surface area contributed by atoms with Crippen molar-refractivity contribution in [3.63, 3.8) is 0 Å². The van der Waals surface area contributed by atoms with E-state index in [1.54, 1.807) is 25.4 Å². The largest absolute Gasteiger partial charge is 0.481 e. The van der Waals surface area contributed by atoms with Gasteiger partial charge in [0.1, 0.15) is 16.6 Å². The Morgan fingerprint density at radius 1 is 0.975 bits per heavy atom. The number of hydrogen-bond donors (Lipinski definition) is 4. The summed E-state index contributed by atoms with van der Waals surface area (Å²) in [6.45, 7) is 0.797. The van der Waals surface area contributed by atoms with Crippen molar-refractivity contribution >= 4 is 57.3 Å². The van der Waals surface area contributed by atoms with Crippen LogP contribution < -0.4 is 15.4 Å². The maximum atomic E-state index is 12.9. The zero-order chi connectivity index (χ0) is 28.5. The zero-order valence-corrected chi connectivity index (χ0v) is 22.4. The molecule has 4 N–H and O–H groups in total. The van der Waals surface area contributed by atoms with E-state index in [9.17, 15) is 14.4 Å². The van der Waals surface area contributed by atoms with Gasteiger partial charge >= 0.3 is 11.9 Å². The van der Waals surface area contributed by atoms with Gasteiger partial charge in [-0.1, -0.05) is 6.07 Å². The second-order valence-corrected chi connectivity index (χ2v) is 9.62. The predicted octanol–water partition coefficient (Wildman–Crippen LogP) is 3.64. The van der Waals surface area contributed by atoms with E-state index in [1.165, 1.54) is 17.3 Å². The quantitative estimate of drug-likeness (QED) is 0.230. The monoisotopic (exact) mass is 564 g/mol. The van der Waals surface area contributed by atoms with E-state index >= 15 is 0 Å². The van der Waals surface area contributed by atoms with Gasteiger partial charge in [0.2, 0.25) is 11.8 Å². The lowest BCUT2D eigenvalue weighted by molar-refractivity contribution is -0.134. The minimum absolute atomic E-state index is 0.000644. The summed E-state index contributed by atoms with van der Waals surface area (Å²) in [5, 5.41) is 22.3. The van der Waals surface area contributed by atoms with Crippen LogP contribution in [0, 0.1) is 5.92 Å². The van der Waals surface area contributed by atoms with Crippen molar-refractivity contribution in [1.29, 1.82) is 0 Å². The number of aromatic nitrogens is 4. The number of pyridine rings is 2. The minimum atomic E-state index is -1.26. The van der Waals surface area contributed by atoms with Crippen LogP contribution in [0.3, 0.4) is 0 Å². The molecule has 0 aliphatic heterocycles. The van der Waals surface area contributed by atoms with Crippen LogP contribution in [0.25, 0.3) is 22.1 Å². The number of aliphatic carboxylic acids is 2. The van der Waals surface area contributed by atoms with E-state index in [4.69, 9.17) is 14.9 Å². The topological polar surface area (TPSA) is 177 Å². The molecule has 0 unspecified atom stereocenters. The molecule has 0 radical (unpaired) electrons. The van der Waals surface area contributed by atoms with Crippen molar-refractivity contribution in [2.24, 2.45) is 5.92 Å². The Balaban J connectivity index is 0.000000406. The Bertz CT molecular complexity index is 1520. The SMILES string of the molecule is COc1ccc2nccc(NC(=O)C3CCC(NCc4ccc5nsnc5c4)CC3)c2n1.O=C(O)/C=C/C(=O)O. The lowest BCUT2D eigenvalue weighted by Gasteiger charge is -2.28. The highest BCUT2D eigenvalue weighted by Crippen LogP contribution is 2.28. The van der Waals surface area contributed by atoms with Crippen LogP contribution in [0.5, 0.6) is 5.88 Å². The zero-order valence-electron chi connectivity index (χ0n) is 21.6. The highest BCUT2D eigenvalue weighted by Gasteiger charge is 2.26. The van der Waals surface area contributed by atoms with Crippen LogP contribution in [0.15, 0.2) is 54.7 Å². The van der Waals surface area contributed by atoms with Gasteiger partial charge in [-0.25, -0.2) is 14.6 Å². The van der Waals surface area contributed by atoms with Crippen molar-refractivity contribution in [3.8, 4) is 5.88 Å². The molecule has 1 aliphatic carbocycles. The van der Waals surface area contributed by atoms with Gasteiger partial charge in [-0.05, 0) is 55.5 Å². The van der Waals surface area contributed by atoms with Gasteiger partial charge in [0.25, 0.3) is 0 Å². The number of anilines is 1. The van der Waals surface area contributed by atoms with E-state index in [0.29, 0.717) is 35.3 Å². The third kappa shape index (κ3) is 7.77. The lowest BCUT2D eigenvalue weighted by Crippen LogP contribution is -2.36. The van der Waals surface area contributed by atoms with Crippen LogP contribution in [0.2, 0.25) is 0 Å². The van der Waals surface area contributed by atoms with Crippen LogP contribution in [0.1, 0.15) is 31.2 Å². The molecule has 40 heavy (non-hydrogen) atoms. The highest BCUT2D eigenvalue weighted by atomic mass is 32.1. The van der Waals surface area contributed by atoms with Gasteiger partial charge < -0.3 is 25.6 Å². The third-order valence-electron chi connectivity index (χ3n) is 6.40. The van der Waals surface area contributed by atoms with Gasteiger partial charge in [-0.2, -0.15) is 8.75 Å². The summed E-state index contributed by atoms with van der Waals surface area (Å²) in [7, 11) is 1.57. The van der Waals surface area contributed by atoms with Crippen LogP contribution in [-0.4, -0.2) is 59.9 Å². The first kappa shape index (κ1) is 28.5. The number of rotatable bonds is 8. The van der Waals surface area contributed by atoms with E-state index in [-0.39, 0.29) is 11.8 Å². The number of carboxylic acids is 2. The summed E-state index contributed by atoms with van der Waals surface area (Å²) in [5.41, 5.74) is 5.14. The van der Waals surface area contributed by atoms with Crippen LogP contribution in [-0.2, 0) is 20.9 Å². The van der Waals surface area contributed by atoms with Crippen LogP contribution >= 0.6 is 11.7 Å². The molecular weight excluding hydrogens is 536 g/mol. The molecule has 1 aliphatic rings. The number of amides is 1. The van der Waals surface area contributed by atoms with Gasteiger partial charge in [-0.3, -0.25) is 9.78 Å². The lowest BCUT2D eigenvalue weighted by atomic mass is 9.85. The van der Waals surface area contributed by atoms with E-state index in [1.807, 2.05) is 12.1 Å². The molecular formula is C27H28N6O6S. The number of hydrogen-bond acceptors (Lipinski definition) is 10. The number of methoxy groups -OCH3 is 1. The third-order valence-corrected chi connectivity index (χ3v) is 6.96. The van der Waals surface area contributed by atoms with E-state index < -0.39 is 11.9 Å². The predicted molar refractivity (Wildman–Crippen MR) is 149 cm³/mol. The summed E-state index contributed by atoms with van der Waals surface area (Å²) >= 11 is 1.24. The fourth-order valence-corrected chi connectivity index (χ4v) is 4.88. The number of nitrogens with zero attached hydrogens (tertiary/aromatic N) is 4. The molecule has 208 valence electrons. The molecule has 12 nitrogen and oxygen atoms in total. The molecule has 3 heterocycles. The maximum absolute atomic E-state index is 12.9. The minimum Gasteiger partial charge on any atom is -0.481 e.